The van der Waals surface area contributed by atoms with Crippen LogP contribution < -0.4 is 10.5 Å². The summed E-state index contributed by atoms with van der Waals surface area (Å²) >= 11 is 3.57. The van der Waals surface area contributed by atoms with Gasteiger partial charge in [0.15, 0.2) is 0 Å². The smallest absolute Gasteiger partial charge is 0.336 e. The van der Waals surface area contributed by atoms with Crippen molar-refractivity contribution in [2.75, 3.05) is 7.05 Å². The van der Waals surface area contributed by atoms with Crippen molar-refractivity contribution in [2.24, 2.45) is 0 Å². The molecule has 5 heteroatoms. The van der Waals surface area contributed by atoms with E-state index in [1.54, 1.807) is 19.1 Å². The van der Waals surface area contributed by atoms with Crippen molar-refractivity contribution >= 4 is 26.9 Å². The summed E-state index contributed by atoms with van der Waals surface area (Å²) in [5.74, 6) is 0.136. The Balaban J connectivity index is 1.94. The number of aryl methyl sites for hydroxylation is 1. The molecule has 0 aliphatic carbocycles. The van der Waals surface area contributed by atoms with Crippen LogP contribution in [-0.2, 0) is 13.1 Å². The molecule has 1 heterocycles. The summed E-state index contributed by atoms with van der Waals surface area (Å²) in [6.07, 6.45) is 0. The maximum absolute atomic E-state index is 11.9. The quantitative estimate of drug-likeness (QED) is 0.675. The molecule has 1 aromatic heterocycles. The first kappa shape index (κ1) is 16.7. The normalized spacial score (nSPS) is 12.5. The van der Waals surface area contributed by atoms with Crippen LogP contribution in [0.2, 0.25) is 0 Å². The van der Waals surface area contributed by atoms with E-state index in [0.29, 0.717) is 17.7 Å². The summed E-state index contributed by atoms with van der Waals surface area (Å²) in [6.45, 7) is 3.27. The van der Waals surface area contributed by atoms with E-state index in [1.807, 2.05) is 24.3 Å². The first-order chi connectivity index (χ1) is 11.5. The number of phenols is 1. The highest BCUT2D eigenvalue weighted by atomic mass is 79.9. The number of fused-ring (bicyclic) bond motifs is 1. The van der Waals surface area contributed by atoms with Crippen molar-refractivity contribution in [3.63, 3.8) is 0 Å². The Labute approximate surface area is 148 Å². The standard InChI is InChI=1S/C19H18BrNO3/c1-12-17(22)8-7-15-14(9-18(23)24-19(12)15)11-21(2)10-13-5-3-4-6-16(13)20/h3-9,22H,10-11H2,1-2H3/p+1. The SMILES string of the molecule is Cc1c(O)ccc2c(C[NH+](C)Cc3ccccc3Br)cc(=O)oc12. The number of hydrogen-bond donors (Lipinski definition) is 2. The monoisotopic (exact) mass is 388 g/mol. The van der Waals surface area contributed by atoms with Gasteiger partial charge in [-0.3, -0.25) is 0 Å². The molecule has 0 saturated carbocycles. The van der Waals surface area contributed by atoms with Crippen LogP contribution in [0.1, 0.15) is 16.7 Å². The van der Waals surface area contributed by atoms with Gasteiger partial charge in [-0.05, 0) is 25.1 Å². The van der Waals surface area contributed by atoms with Crippen LogP contribution in [0, 0.1) is 6.92 Å². The van der Waals surface area contributed by atoms with Crippen LogP contribution in [0.15, 0.2) is 56.1 Å². The zero-order valence-corrected chi connectivity index (χ0v) is 15.2. The van der Waals surface area contributed by atoms with Gasteiger partial charge in [-0.1, -0.05) is 34.1 Å². The van der Waals surface area contributed by atoms with Gasteiger partial charge in [0.25, 0.3) is 0 Å². The maximum atomic E-state index is 11.9. The van der Waals surface area contributed by atoms with Gasteiger partial charge in [0.2, 0.25) is 0 Å². The van der Waals surface area contributed by atoms with Crippen LogP contribution >= 0.6 is 15.9 Å². The summed E-state index contributed by atoms with van der Waals surface area (Å²) in [4.78, 5) is 13.1. The van der Waals surface area contributed by atoms with Gasteiger partial charge in [-0.25, -0.2) is 4.79 Å². The van der Waals surface area contributed by atoms with Gasteiger partial charge in [-0.15, -0.1) is 0 Å². The molecule has 0 radical (unpaired) electrons. The van der Waals surface area contributed by atoms with Crippen LogP contribution in [0.25, 0.3) is 11.0 Å². The van der Waals surface area contributed by atoms with E-state index < -0.39 is 0 Å². The predicted molar refractivity (Wildman–Crippen MR) is 97.3 cm³/mol. The summed E-state index contributed by atoms with van der Waals surface area (Å²) in [6, 6.07) is 13.1. The lowest BCUT2D eigenvalue weighted by molar-refractivity contribution is -0.907. The lowest BCUT2D eigenvalue weighted by Gasteiger charge is -2.16. The second-order valence-electron chi connectivity index (χ2n) is 6.08. The second kappa shape index (κ2) is 6.79. The first-order valence-corrected chi connectivity index (χ1v) is 8.55. The highest BCUT2D eigenvalue weighted by Crippen LogP contribution is 2.27. The van der Waals surface area contributed by atoms with Crippen LogP contribution in [0.4, 0.5) is 0 Å². The number of phenolic OH excluding ortho intramolecular Hbond substituents is 1. The van der Waals surface area contributed by atoms with E-state index in [0.717, 1.165) is 22.0 Å². The molecule has 4 nitrogen and oxygen atoms in total. The number of nitrogens with one attached hydrogen (secondary N) is 1. The Morgan fingerprint density at radius 1 is 1.12 bits per heavy atom. The lowest BCUT2D eigenvalue weighted by Crippen LogP contribution is -3.06. The molecule has 2 aromatic carbocycles. The van der Waals surface area contributed by atoms with Crippen molar-refractivity contribution in [2.45, 2.75) is 20.0 Å². The molecule has 2 N–H and O–H groups in total. The molecule has 0 amide bonds. The number of benzene rings is 2. The molecule has 0 spiro atoms. The number of aromatic hydroxyl groups is 1. The predicted octanol–water partition coefficient (Wildman–Crippen LogP) is 2.78. The highest BCUT2D eigenvalue weighted by molar-refractivity contribution is 9.10. The topological polar surface area (TPSA) is 54.9 Å². The molecule has 0 aliphatic heterocycles. The third-order valence-corrected chi connectivity index (χ3v) is 4.93. The molecule has 3 aromatic rings. The molecule has 0 saturated heterocycles. The minimum Gasteiger partial charge on any atom is -0.508 e. The minimum atomic E-state index is -0.389. The lowest BCUT2D eigenvalue weighted by atomic mass is 10.1. The van der Waals surface area contributed by atoms with Crippen LogP contribution in [-0.4, -0.2) is 12.2 Å². The Morgan fingerprint density at radius 2 is 1.83 bits per heavy atom. The minimum absolute atomic E-state index is 0.136. The van der Waals surface area contributed by atoms with Crippen molar-refractivity contribution < 1.29 is 14.4 Å². The molecule has 0 bridgehead atoms. The molecular weight excluding hydrogens is 370 g/mol. The third kappa shape index (κ3) is 3.37. The molecule has 3 rings (SSSR count). The van der Waals surface area contributed by atoms with Crippen LogP contribution in [0.5, 0.6) is 5.75 Å². The zero-order valence-electron chi connectivity index (χ0n) is 13.6. The van der Waals surface area contributed by atoms with Crippen molar-refractivity contribution in [1.82, 2.24) is 0 Å². The van der Waals surface area contributed by atoms with Gasteiger partial charge < -0.3 is 14.4 Å². The average molecular weight is 389 g/mol. The fourth-order valence-electron chi connectivity index (χ4n) is 2.92. The Morgan fingerprint density at radius 3 is 2.58 bits per heavy atom. The second-order valence-corrected chi connectivity index (χ2v) is 6.93. The Kier molecular flexibility index (Phi) is 4.73. The fraction of sp³-hybridized carbons (Fsp3) is 0.211. The van der Waals surface area contributed by atoms with Gasteiger partial charge in [0.05, 0.1) is 7.05 Å². The molecular formula is C19H19BrNO3+. The van der Waals surface area contributed by atoms with E-state index >= 15 is 0 Å². The van der Waals surface area contributed by atoms with Crippen LogP contribution in [0.3, 0.4) is 0 Å². The Bertz CT molecular complexity index is 949. The van der Waals surface area contributed by atoms with E-state index in [2.05, 4.69) is 29.0 Å². The summed E-state index contributed by atoms with van der Waals surface area (Å²) in [5.41, 5.74) is 2.81. The summed E-state index contributed by atoms with van der Waals surface area (Å²) in [5, 5.41) is 10.7. The molecule has 1 atom stereocenters. The van der Waals surface area contributed by atoms with Gasteiger partial charge in [0.1, 0.15) is 24.4 Å². The molecule has 24 heavy (non-hydrogen) atoms. The van der Waals surface area contributed by atoms with Gasteiger partial charge in [-0.2, -0.15) is 0 Å². The number of rotatable bonds is 4. The number of halogens is 1. The molecule has 0 aliphatic rings. The summed E-state index contributed by atoms with van der Waals surface area (Å²) < 4.78 is 6.39. The zero-order chi connectivity index (χ0) is 17.3. The van der Waals surface area contributed by atoms with Gasteiger partial charge >= 0.3 is 5.63 Å². The largest absolute Gasteiger partial charge is 0.508 e. The Hall–Kier alpha value is -2.11. The van der Waals surface area contributed by atoms with Gasteiger partial charge in [0, 0.05) is 32.6 Å². The molecule has 124 valence electrons. The maximum Gasteiger partial charge on any atom is 0.336 e. The number of quaternary nitrogens is 1. The van der Waals surface area contributed by atoms with E-state index in [9.17, 15) is 9.90 Å². The van der Waals surface area contributed by atoms with Crippen molar-refractivity contribution in [3.8, 4) is 5.75 Å². The highest BCUT2D eigenvalue weighted by Gasteiger charge is 2.14. The van der Waals surface area contributed by atoms with E-state index in [4.69, 9.17) is 4.42 Å². The fourth-order valence-corrected chi connectivity index (χ4v) is 3.34. The van der Waals surface area contributed by atoms with E-state index in [-0.39, 0.29) is 11.4 Å². The van der Waals surface area contributed by atoms with E-state index in [1.165, 1.54) is 10.5 Å². The summed E-state index contributed by atoms with van der Waals surface area (Å²) in [7, 11) is 2.09. The van der Waals surface area contributed by atoms with Crippen molar-refractivity contribution in [3.05, 3.63) is 74.0 Å². The first-order valence-electron chi connectivity index (χ1n) is 7.75. The third-order valence-electron chi connectivity index (χ3n) is 4.16. The number of hydrogen-bond acceptors (Lipinski definition) is 3. The van der Waals surface area contributed by atoms with Crippen molar-refractivity contribution in [1.29, 1.82) is 0 Å². The molecule has 0 fully saturated rings. The average Bonchev–Trinajstić information content (AvgIpc) is 2.53. The molecule has 1 unspecified atom stereocenters.